The number of nitrogens with zero attached hydrogens (tertiary/aromatic N) is 3. The molecule has 25 heavy (non-hydrogen) atoms. The summed E-state index contributed by atoms with van der Waals surface area (Å²) in [6.07, 6.45) is 0.678. The number of carbonyl (C=O) groups is 1. The van der Waals surface area contributed by atoms with Gasteiger partial charge < -0.3 is 10.5 Å². The molecule has 2 rings (SSSR count). The predicted octanol–water partition coefficient (Wildman–Crippen LogP) is 3.21. The van der Waals surface area contributed by atoms with E-state index in [1.54, 1.807) is 12.1 Å². The molecule has 0 fully saturated rings. The van der Waals surface area contributed by atoms with Crippen molar-refractivity contribution in [1.82, 2.24) is 9.97 Å². The number of methoxy groups -OCH3 is 1. The zero-order valence-electron chi connectivity index (χ0n) is 14.4. The number of ether oxygens (including phenoxy) is 1. The van der Waals surface area contributed by atoms with Crippen molar-refractivity contribution in [2.75, 3.05) is 12.8 Å². The van der Waals surface area contributed by atoms with Crippen LogP contribution in [0.5, 0.6) is 0 Å². The number of hydrogen-bond acceptors (Lipinski definition) is 7. The summed E-state index contributed by atoms with van der Waals surface area (Å²) in [6, 6.07) is 9.26. The van der Waals surface area contributed by atoms with Crippen LogP contribution in [0.3, 0.4) is 0 Å². The summed E-state index contributed by atoms with van der Waals surface area (Å²) in [4.78, 5) is 20.2. The molecule has 0 amide bonds. The summed E-state index contributed by atoms with van der Waals surface area (Å²) in [7, 11) is 1.35. The molecule has 6 nitrogen and oxygen atoms in total. The Hall–Kier alpha value is -2.59. The van der Waals surface area contributed by atoms with Gasteiger partial charge in [-0.15, -0.1) is 0 Å². The van der Waals surface area contributed by atoms with Crippen LogP contribution in [0.25, 0.3) is 0 Å². The smallest absolute Gasteiger partial charge is 0.337 e. The molecule has 0 saturated heterocycles. The molecule has 0 aliphatic rings. The van der Waals surface area contributed by atoms with Gasteiger partial charge in [-0.05, 0) is 30.0 Å². The largest absolute Gasteiger partial charge is 0.465 e. The van der Waals surface area contributed by atoms with E-state index in [2.05, 4.69) is 34.6 Å². The Balaban J connectivity index is 2.14. The molecule has 0 aliphatic carbocycles. The molecule has 0 radical (unpaired) electrons. The van der Waals surface area contributed by atoms with Gasteiger partial charge in [0.2, 0.25) is 0 Å². The van der Waals surface area contributed by atoms with Crippen LogP contribution in [0.2, 0.25) is 0 Å². The number of benzene rings is 1. The zero-order chi connectivity index (χ0) is 18.4. The molecule has 0 saturated carbocycles. The Morgan fingerprint density at radius 1 is 1.32 bits per heavy atom. The SMILES string of the molecule is COC(=O)c1ccc(CSc2nc(N)c(C#N)c(CC(C)C)n2)cc1. The first-order chi connectivity index (χ1) is 11.9. The first kappa shape index (κ1) is 18.7. The van der Waals surface area contributed by atoms with Crippen LogP contribution in [0, 0.1) is 17.2 Å². The van der Waals surface area contributed by atoms with Crippen molar-refractivity contribution in [3.63, 3.8) is 0 Å². The Kier molecular flexibility index (Phi) is 6.37. The molecule has 0 spiro atoms. The summed E-state index contributed by atoms with van der Waals surface area (Å²) >= 11 is 1.44. The third kappa shape index (κ3) is 4.94. The molecule has 1 aromatic carbocycles. The Bertz CT molecular complexity index is 798. The average Bonchev–Trinajstić information content (AvgIpc) is 2.59. The second-order valence-electron chi connectivity index (χ2n) is 5.90. The first-order valence-corrected chi connectivity index (χ1v) is 8.79. The van der Waals surface area contributed by atoms with Gasteiger partial charge in [-0.3, -0.25) is 0 Å². The number of aromatic nitrogens is 2. The number of esters is 1. The van der Waals surface area contributed by atoms with Crippen LogP contribution in [-0.2, 0) is 16.9 Å². The third-order valence-corrected chi connectivity index (χ3v) is 4.37. The fourth-order valence-corrected chi connectivity index (χ4v) is 3.05. The van der Waals surface area contributed by atoms with Crippen molar-refractivity contribution in [2.24, 2.45) is 5.92 Å². The summed E-state index contributed by atoms with van der Waals surface area (Å²) in [5.74, 6) is 0.857. The highest BCUT2D eigenvalue weighted by Crippen LogP contribution is 2.24. The summed E-state index contributed by atoms with van der Waals surface area (Å²) in [5.41, 5.74) is 8.49. The first-order valence-electron chi connectivity index (χ1n) is 7.81. The van der Waals surface area contributed by atoms with Crippen LogP contribution < -0.4 is 5.73 Å². The number of thioether (sulfide) groups is 1. The second-order valence-corrected chi connectivity index (χ2v) is 6.84. The lowest BCUT2D eigenvalue weighted by Crippen LogP contribution is -2.07. The van der Waals surface area contributed by atoms with E-state index in [0.717, 1.165) is 5.56 Å². The fourth-order valence-electron chi connectivity index (χ4n) is 2.23. The number of nitriles is 1. The minimum absolute atomic E-state index is 0.219. The van der Waals surface area contributed by atoms with Crippen molar-refractivity contribution in [3.05, 3.63) is 46.6 Å². The molecule has 0 atom stereocenters. The highest BCUT2D eigenvalue weighted by atomic mass is 32.2. The zero-order valence-corrected chi connectivity index (χ0v) is 15.3. The van der Waals surface area contributed by atoms with Crippen molar-refractivity contribution in [3.8, 4) is 6.07 Å². The minimum Gasteiger partial charge on any atom is -0.465 e. The number of carbonyl (C=O) groups excluding carboxylic acids is 1. The fraction of sp³-hybridized carbons (Fsp3) is 0.333. The topological polar surface area (TPSA) is 102 Å². The number of rotatable bonds is 6. The molecule has 1 heterocycles. The lowest BCUT2D eigenvalue weighted by atomic mass is 10.0. The van der Waals surface area contributed by atoms with E-state index >= 15 is 0 Å². The molecule has 2 N–H and O–H groups in total. The molecule has 7 heteroatoms. The van der Waals surface area contributed by atoms with E-state index < -0.39 is 0 Å². The molecule has 0 aliphatic heterocycles. The maximum Gasteiger partial charge on any atom is 0.337 e. The molecule has 0 bridgehead atoms. The van der Waals surface area contributed by atoms with Gasteiger partial charge >= 0.3 is 5.97 Å². The summed E-state index contributed by atoms with van der Waals surface area (Å²) < 4.78 is 4.68. The average molecular weight is 356 g/mol. The van der Waals surface area contributed by atoms with Crippen molar-refractivity contribution < 1.29 is 9.53 Å². The second kappa shape index (κ2) is 8.49. The van der Waals surface area contributed by atoms with Gasteiger partial charge in [0.15, 0.2) is 5.16 Å². The highest BCUT2D eigenvalue weighted by Gasteiger charge is 2.14. The van der Waals surface area contributed by atoms with Gasteiger partial charge in [-0.25, -0.2) is 14.8 Å². The van der Waals surface area contributed by atoms with Crippen molar-refractivity contribution in [2.45, 2.75) is 31.2 Å². The summed E-state index contributed by atoms with van der Waals surface area (Å²) in [6.45, 7) is 4.13. The molecule has 130 valence electrons. The van der Waals surface area contributed by atoms with Crippen LogP contribution in [-0.4, -0.2) is 23.0 Å². The lowest BCUT2D eigenvalue weighted by molar-refractivity contribution is 0.0600. The Morgan fingerprint density at radius 3 is 2.56 bits per heavy atom. The normalized spacial score (nSPS) is 10.5. The quantitative estimate of drug-likeness (QED) is 0.481. The maximum atomic E-state index is 11.4. The molecule has 0 unspecified atom stereocenters. The van der Waals surface area contributed by atoms with E-state index in [4.69, 9.17) is 5.73 Å². The van der Waals surface area contributed by atoms with Crippen LogP contribution in [0.15, 0.2) is 29.4 Å². The van der Waals surface area contributed by atoms with E-state index in [0.29, 0.717) is 40.1 Å². The van der Waals surface area contributed by atoms with Gasteiger partial charge in [0, 0.05) is 5.75 Å². The third-order valence-electron chi connectivity index (χ3n) is 3.45. The number of hydrogen-bond donors (Lipinski definition) is 1. The summed E-state index contributed by atoms with van der Waals surface area (Å²) in [5, 5.41) is 9.79. The van der Waals surface area contributed by atoms with Crippen LogP contribution in [0.4, 0.5) is 5.82 Å². The van der Waals surface area contributed by atoms with Gasteiger partial charge in [0.1, 0.15) is 17.5 Å². The van der Waals surface area contributed by atoms with Crippen molar-refractivity contribution in [1.29, 1.82) is 5.26 Å². The molecular formula is C18H20N4O2S. The predicted molar refractivity (Wildman–Crippen MR) is 97.0 cm³/mol. The van der Waals surface area contributed by atoms with Gasteiger partial charge in [0.25, 0.3) is 0 Å². The van der Waals surface area contributed by atoms with Crippen molar-refractivity contribution >= 4 is 23.5 Å². The van der Waals surface area contributed by atoms with Crippen LogP contribution in [0.1, 0.15) is 41.0 Å². The Labute approximate surface area is 151 Å². The monoisotopic (exact) mass is 356 g/mol. The van der Waals surface area contributed by atoms with E-state index in [-0.39, 0.29) is 11.8 Å². The van der Waals surface area contributed by atoms with Gasteiger partial charge in [-0.1, -0.05) is 37.7 Å². The minimum atomic E-state index is -0.360. The molecule has 2 aromatic rings. The number of nitrogen functional groups attached to an aromatic ring is 1. The number of anilines is 1. The van der Waals surface area contributed by atoms with Gasteiger partial charge in [-0.2, -0.15) is 5.26 Å². The highest BCUT2D eigenvalue weighted by molar-refractivity contribution is 7.98. The lowest BCUT2D eigenvalue weighted by Gasteiger charge is -2.10. The van der Waals surface area contributed by atoms with Gasteiger partial charge in [0.05, 0.1) is 18.4 Å². The number of nitrogens with two attached hydrogens (primary N) is 1. The Morgan fingerprint density at radius 2 is 2.00 bits per heavy atom. The molecule has 1 aromatic heterocycles. The maximum absolute atomic E-state index is 11.4. The molecular weight excluding hydrogens is 336 g/mol. The van der Waals surface area contributed by atoms with E-state index in [9.17, 15) is 10.1 Å². The van der Waals surface area contributed by atoms with E-state index in [1.165, 1.54) is 18.9 Å². The van der Waals surface area contributed by atoms with Crippen LogP contribution >= 0.6 is 11.8 Å². The van der Waals surface area contributed by atoms with E-state index in [1.807, 2.05) is 12.1 Å². The standard InChI is InChI=1S/C18H20N4O2S/c1-11(2)8-15-14(9-19)16(20)22-18(21-15)25-10-12-4-6-13(7-5-12)17(23)24-3/h4-7,11H,8,10H2,1-3H3,(H2,20,21,22).